The van der Waals surface area contributed by atoms with Gasteiger partial charge in [0.05, 0.1) is 30.9 Å². The van der Waals surface area contributed by atoms with Crippen LogP contribution in [0.25, 0.3) is 10.9 Å². The molecule has 1 saturated heterocycles. The molecule has 6 N–H and O–H groups in total. The zero-order valence-corrected chi connectivity index (χ0v) is 28.3. The predicted molar refractivity (Wildman–Crippen MR) is 178 cm³/mol. The molecule has 5 aromatic rings. The number of rotatable bonds is 7. The Balaban J connectivity index is 1.33. The Hall–Kier alpha value is -4.22. The number of hydrogen-bond donors (Lipinski definition) is 6. The number of carbonyl (C=O) groups is 1. The third-order valence-electron chi connectivity index (χ3n) is 9.36. The average Bonchev–Trinajstić information content (AvgIpc) is 3.83. The number of thiazole rings is 1. The molecule has 0 spiro atoms. The summed E-state index contributed by atoms with van der Waals surface area (Å²) in [5.74, 6) is -1.52. The topological polar surface area (TPSA) is 189 Å². The van der Waals surface area contributed by atoms with Gasteiger partial charge in [-0.2, -0.15) is 4.31 Å². The molecule has 1 aromatic carbocycles. The highest BCUT2D eigenvalue weighted by Crippen LogP contribution is 2.36. The molecule has 0 aliphatic carbocycles. The zero-order valence-electron chi connectivity index (χ0n) is 25.9. The van der Waals surface area contributed by atoms with E-state index in [4.69, 9.17) is 16.6 Å². The van der Waals surface area contributed by atoms with Crippen LogP contribution >= 0.6 is 22.9 Å². The summed E-state index contributed by atoms with van der Waals surface area (Å²) in [5.41, 5.74) is 1.39. The first kappa shape index (κ1) is 32.3. The van der Waals surface area contributed by atoms with E-state index in [0.29, 0.717) is 22.5 Å². The molecule has 7 rings (SSSR count). The summed E-state index contributed by atoms with van der Waals surface area (Å²) in [6.45, 7) is 3.87. The Morgan fingerprint density at radius 1 is 0.938 bits per heavy atom. The number of nitrogens with one attached hydrogen (secondary N) is 2. The van der Waals surface area contributed by atoms with Gasteiger partial charge in [0.15, 0.2) is 28.5 Å². The zero-order chi connectivity index (χ0) is 34.1. The molecule has 4 atom stereocenters. The second-order valence-corrected chi connectivity index (χ2v) is 15.7. The lowest BCUT2D eigenvalue weighted by Gasteiger charge is -2.46. The molecule has 1 fully saturated rings. The van der Waals surface area contributed by atoms with E-state index in [9.17, 15) is 33.6 Å². The predicted octanol–water partition coefficient (Wildman–Crippen LogP) is 3.58. The number of amides is 1. The van der Waals surface area contributed by atoms with Crippen molar-refractivity contribution in [2.24, 2.45) is 0 Å². The SMILES string of the molecule is CC1NCc2sc(C(=O)N3C(Cn4c(O)ccc4O)CN(S(=O)(=O)c4cc5cc(Cl)ccc5[nH]4)CC3Cn3c(O)ccc3O)nc2C1C. The van der Waals surface area contributed by atoms with Gasteiger partial charge in [0.2, 0.25) is 0 Å². The Bertz CT molecular complexity index is 2040. The molecule has 0 saturated carbocycles. The van der Waals surface area contributed by atoms with Gasteiger partial charge in [-0.1, -0.05) is 18.5 Å². The van der Waals surface area contributed by atoms with Gasteiger partial charge in [-0.05, 0) is 31.2 Å². The fourth-order valence-electron chi connectivity index (χ4n) is 6.60. The van der Waals surface area contributed by atoms with E-state index in [1.54, 1.807) is 18.2 Å². The van der Waals surface area contributed by atoms with Gasteiger partial charge in [-0.25, -0.2) is 13.4 Å². The molecular formula is C31H34ClN7O7S2. The van der Waals surface area contributed by atoms with E-state index >= 15 is 0 Å². The summed E-state index contributed by atoms with van der Waals surface area (Å²) in [5, 5.41) is 46.9. The fraction of sp³-hybridized carbons (Fsp3) is 0.355. The number of piperazine rings is 1. The lowest BCUT2D eigenvalue weighted by molar-refractivity contribution is 0.0268. The lowest BCUT2D eigenvalue weighted by Crippen LogP contribution is -2.63. The van der Waals surface area contributed by atoms with Gasteiger partial charge in [-0.3, -0.25) is 13.9 Å². The molecule has 0 radical (unpaired) electrons. The Kier molecular flexibility index (Phi) is 8.10. The standard InChI is InChI=1S/C31H34ClN7O7S2/c1-16-17(2)33-11-23-29(16)35-30(47-23)31(44)39-20(14-37-25(40)5-6-26(37)41)12-36(13-21(39)15-38-27(42)7-8-28(38)43)48(45,46)24-10-18-9-19(32)3-4-22(18)34-24/h3-10,16-17,20-21,33-34,40-43H,11-15H2,1-2H3. The van der Waals surface area contributed by atoms with Crippen molar-refractivity contribution >= 4 is 49.8 Å². The van der Waals surface area contributed by atoms with Crippen molar-refractivity contribution in [2.45, 2.75) is 62.6 Å². The van der Waals surface area contributed by atoms with E-state index < -0.39 is 28.0 Å². The third-order valence-corrected chi connectivity index (χ3v) is 12.4. The van der Waals surface area contributed by atoms with Crippen LogP contribution in [0.5, 0.6) is 23.5 Å². The first-order valence-electron chi connectivity index (χ1n) is 15.3. The molecule has 2 aliphatic heterocycles. The van der Waals surface area contributed by atoms with Crippen molar-refractivity contribution in [3.8, 4) is 23.5 Å². The van der Waals surface area contributed by atoms with Gasteiger partial charge in [0, 0.05) is 76.7 Å². The summed E-state index contributed by atoms with van der Waals surface area (Å²) in [4.78, 5) is 24.8. The van der Waals surface area contributed by atoms with Gasteiger partial charge < -0.3 is 35.6 Å². The van der Waals surface area contributed by atoms with Crippen LogP contribution in [0.15, 0.2) is 53.6 Å². The summed E-state index contributed by atoms with van der Waals surface area (Å²) in [6.07, 6.45) is 0. The number of hydrogen-bond acceptors (Lipinski definition) is 10. The highest BCUT2D eigenvalue weighted by atomic mass is 35.5. The number of nitrogens with zero attached hydrogens (tertiary/aromatic N) is 5. The van der Waals surface area contributed by atoms with Crippen molar-refractivity contribution < 1.29 is 33.6 Å². The first-order valence-corrected chi connectivity index (χ1v) is 17.9. The molecule has 4 aromatic heterocycles. The molecule has 14 nitrogen and oxygen atoms in total. The van der Waals surface area contributed by atoms with Crippen molar-refractivity contribution in [3.05, 3.63) is 69.1 Å². The number of aromatic amines is 1. The molecule has 6 heterocycles. The number of halogens is 1. The summed E-state index contributed by atoms with van der Waals surface area (Å²) < 4.78 is 32.2. The van der Waals surface area contributed by atoms with E-state index in [0.717, 1.165) is 10.6 Å². The van der Waals surface area contributed by atoms with Gasteiger partial charge in [0.1, 0.15) is 5.03 Å². The Labute approximate surface area is 284 Å². The maximum atomic E-state index is 14.6. The largest absolute Gasteiger partial charge is 0.494 e. The first-order chi connectivity index (χ1) is 22.8. The number of benzene rings is 1. The van der Waals surface area contributed by atoms with E-state index in [1.165, 1.54) is 60.0 Å². The fourth-order valence-corrected chi connectivity index (χ4v) is 9.37. The van der Waals surface area contributed by atoms with Crippen molar-refractivity contribution in [3.63, 3.8) is 0 Å². The van der Waals surface area contributed by atoms with Crippen molar-refractivity contribution in [1.29, 1.82) is 0 Å². The van der Waals surface area contributed by atoms with E-state index in [-0.39, 0.29) is 71.7 Å². The third kappa shape index (κ3) is 5.56. The highest BCUT2D eigenvalue weighted by molar-refractivity contribution is 7.89. The molecule has 48 heavy (non-hydrogen) atoms. The van der Waals surface area contributed by atoms with Crippen LogP contribution in [0, 0.1) is 0 Å². The van der Waals surface area contributed by atoms with Crippen LogP contribution < -0.4 is 5.32 Å². The van der Waals surface area contributed by atoms with Crippen LogP contribution in [0.3, 0.4) is 0 Å². The normalized spacial score (nSPS) is 21.9. The average molecular weight is 716 g/mol. The molecule has 0 bridgehead atoms. The number of aromatic nitrogens is 4. The Morgan fingerprint density at radius 2 is 1.52 bits per heavy atom. The molecule has 17 heteroatoms. The van der Waals surface area contributed by atoms with Gasteiger partial charge in [0.25, 0.3) is 15.9 Å². The molecule has 1 amide bonds. The second kappa shape index (κ2) is 12.0. The monoisotopic (exact) mass is 715 g/mol. The van der Waals surface area contributed by atoms with Crippen LogP contribution in [-0.2, 0) is 29.7 Å². The quantitative estimate of drug-likeness (QED) is 0.146. The minimum Gasteiger partial charge on any atom is -0.494 e. The molecule has 2 aliphatic rings. The van der Waals surface area contributed by atoms with Crippen LogP contribution in [0.4, 0.5) is 0 Å². The number of carbonyl (C=O) groups excluding carboxylic acids is 1. The summed E-state index contributed by atoms with van der Waals surface area (Å²) in [6, 6.07) is 9.92. The molecule has 4 unspecified atom stereocenters. The van der Waals surface area contributed by atoms with Crippen LogP contribution in [0.1, 0.15) is 40.1 Å². The maximum absolute atomic E-state index is 14.6. The number of sulfonamides is 1. The van der Waals surface area contributed by atoms with Gasteiger partial charge in [-0.15, -0.1) is 11.3 Å². The minimum atomic E-state index is -4.22. The van der Waals surface area contributed by atoms with E-state index in [1.807, 2.05) is 13.8 Å². The number of aromatic hydroxyl groups is 4. The van der Waals surface area contributed by atoms with Crippen molar-refractivity contribution in [1.82, 2.24) is 33.6 Å². The minimum absolute atomic E-state index is 0.0499. The van der Waals surface area contributed by atoms with Gasteiger partial charge >= 0.3 is 0 Å². The number of fused-ring (bicyclic) bond motifs is 2. The van der Waals surface area contributed by atoms with Crippen molar-refractivity contribution in [2.75, 3.05) is 13.1 Å². The smallest absolute Gasteiger partial charge is 0.283 e. The lowest BCUT2D eigenvalue weighted by atomic mass is 9.95. The maximum Gasteiger partial charge on any atom is 0.283 e. The highest BCUT2D eigenvalue weighted by Gasteiger charge is 2.45. The second-order valence-electron chi connectivity index (χ2n) is 12.3. The number of H-pyrrole nitrogens is 1. The van der Waals surface area contributed by atoms with Crippen LogP contribution in [-0.4, -0.2) is 94.3 Å². The summed E-state index contributed by atoms with van der Waals surface area (Å²) >= 11 is 7.41. The Morgan fingerprint density at radius 3 is 2.10 bits per heavy atom. The van der Waals surface area contributed by atoms with E-state index in [2.05, 4.69) is 10.3 Å². The molecule has 254 valence electrons. The molecular weight excluding hydrogens is 682 g/mol. The van der Waals surface area contributed by atoms with Crippen LogP contribution in [0.2, 0.25) is 5.02 Å². The summed E-state index contributed by atoms with van der Waals surface area (Å²) in [7, 11) is -4.22.